The van der Waals surface area contributed by atoms with Gasteiger partial charge in [-0.05, 0) is 66.4 Å². The largest absolute Gasteiger partial charge is 0.483 e. The third kappa shape index (κ3) is 4.34. The first-order valence-corrected chi connectivity index (χ1v) is 8.95. The van der Waals surface area contributed by atoms with E-state index < -0.39 is 0 Å². The Balaban J connectivity index is 1.64. The van der Waals surface area contributed by atoms with Crippen molar-refractivity contribution in [2.75, 3.05) is 6.61 Å². The summed E-state index contributed by atoms with van der Waals surface area (Å²) in [6, 6.07) is 17.7. The molecule has 0 radical (unpaired) electrons. The Morgan fingerprint density at radius 2 is 1.70 bits per heavy atom. The van der Waals surface area contributed by atoms with Crippen LogP contribution in [0.25, 0.3) is 10.8 Å². The van der Waals surface area contributed by atoms with Crippen molar-refractivity contribution in [3.8, 4) is 5.75 Å². The van der Waals surface area contributed by atoms with Gasteiger partial charge in [0.1, 0.15) is 12.0 Å². The van der Waals surface area contributed by atoms with Crippen molar-refractivity contribution >= 4 is 23.0 Å². The van der Waals surface area contributed by atoms with Gasteiger partial charge in [0.25, 0.3) is 5.91 Å². The molecule has 1 N–H and O–H groups in total. The lowest BCUT2D eigenvalue weighted by atomic mass is 10.0. The van der Waals surface area contributed by atoms with Crippen molar-refractivity contribution in [2.45, 2.75) is 26.8 Å². The Bertz CT molecular complexity index is 971. The second-order valence-electron chi connectivity index (χ2n) is 6.79. The van der Waals surface area contributed by atoms with Crippen molar-refractivity contribution in [3.05, 3.63) is 76.9 Å². The third-order valence-corrected chi connectivity index (χ3v) is 4.62. The van der Waals surface area contributed by atoms with Gasteiger partial charge in [-0.1, -0.05) is 36.4 Å². The second kappa shape index (κ2) is 8.04. The lowest BCUT2D eigenvalue weighted by Gasteiger charge is -2.17. The minimum atomic E-state index is -0.186. The summed E-state index contributed by atoms with van der Waals surface area (Å²) >= 11 is 0. The standard InChI is InChI=1S/C23H23NO3/c1-15-10-18(13-25)11-16(2)23(15)27-14-22(26)24-17(3)20-9-8-19-6-4-5-7-21(19)12-20/h4-13,17H,14H2,1-3H3,(H,24,26)/t17-/m1/s1. The lowest BCUT2D eigenvalue weighted by Crippen LogP contribution is -2.31. The van der Waals surface area contributed by atoms with E-state index >= 15 is 0 Å². The number of aldehydes is 1. The highest BCUT2D eigenvalue weighted by molar-refractivity contribution is 5.83. The maximum Gasteiger partial charge on any atom is 0.258 e. The van der Waals surface area contributed by atoms with Gasteiger partial charge in [0.2, 0.25) is 0 Å². The molecule has 0 bridgehead atoms. The van der Waals surface area contributed by atoms with E-state index in [9.17, 15) is 9.59 Å². The van der Waals surface area contributed by atoms with Crippen LogP contribution in [0, 0.1) is 13.8 Å². The summed E-state index contributed by atoms with van der Waals surface area (Å²) in [5, 5.41) is 5.29. The van der Waals surface area contributed by atoms with Crippen LogP contribution in [0.5, 0.6) is 5.75 Å². The van der Waals surface area contributed by atoms with E-state index in [1.807, 2.05) is 39.0 Å². The highest BCUT2D eigenvalue weighted by Crippen LogP contribution is 2.24. The van der Waals surface area contributed by atoms with Crippen LogP contribution in [0.15, 0.2) is 54.6 Å². The molecule has 0 aliphatic heterocycles. The lowest BCUT2D eigenvalue weighted by molar-refractivity contribution is -0.123. The Labute approximate surface area is 159 Å². The zero-order valence-corrected chi connectivity index (χ0v) is 15.8. The molecule has 1 atom stereocenters. The zero-order valence-electron chi connectivity index (χ0n) is 15.8. The number of hydrogen-bond donors (Lipinski definition) is 1. The third-order valence-electron chi connectivity index (χ3n) is 4.62. The summed E-state index contributed by atoms with van der Waals surface area (Å²) in [4.78, 5) is 23.2. The molecule has 0 aliphatic rings. The topological polar surface area (TPSA) is 55.4 Å². The molecule has 27 heavy (non-hydrogen) atoms. The Kier molecular flexibility index (Phi) is 5.55. The van der Waals surface area contributed by atoms with Gasteiger partial charge in [-0.3, -0.25) is 9.59 Å². The summed E-state index contributed by atoms with van der Waals surface area (Å²) in [7, 11) is 0. The van der Waals surface area contributed by atoms with Crippen molar-refractivity contribution in [1.29, 1.82) is 0 Å². The molecule has 0 saturated carbocycles. The van der Waals surface area contributed by atoms with E-state index in [1.165, 1.54) is 5.39 Å². The zero-order chi connectivity index (χ0) is 19.4. The molecule has 0 spiro atoms. The monoisotopic (exact) mass is 361 g/mol. The van der Waals surface area contributed by atoms with Gasteiger partial charge in [0, 0.05) is 5.56 Å². The molecule has 0 unspecified atom stereocenters. The van der Waals surface area contributed by atoms with E-state index in [2.05, 4.69) is 29.6 Å². The van der Waals surface area contributed by atoms with Crippen LogP contribution in [0.4, 0.5) is 0 Å². The van der Waals surface area contributed by atoms with Crippen molar-refractivity contribution in [1.82, 2.24) is 5.32 Å². The van der Waals surface area contributed by atoms with Crippen molar-refractivity contribution in [2.24, 2.45) is 0 Å². The quantitative estimate of drug-likeness (QED) is 0.657. The molecule has 4 nitrogen and oxygen atoms in total. The molecule has 138 valence electrons. The number of aryl methyl sites for hydroxylation is 2. The Morgan fingerprint density at radius 3 is 2.37 bits per heavy atom. The number of amides is 1. The van der Waals surface area contributed by atoms with Gasteiger partial charge < -0.3 is 10.1 Å². The first-order valence-electron chi connectivity index (χ1n) is 8.95. The summed E-state index contributed by atoms with van der Waals surface area (Å²) in [5.74, 6) is 0.461. The summed E-state index contributed by atoms with van der Waals surface area (Å²) in [5.41, 5.74) is 3.33. The van der Waals surface area contributed by atoms with Crippen LogP contribution in [0.3, 0.4) is 0 Å². The van der Waals surface area contributed by atoms with Gasteiger partial charge in [-0.25, -0.2) is 0 Å². The number of rotatable bonds is 6. The summed E-state index contributed by atoms with van der Waals surface area (Å²) < 4.78 is 5.71. The van der Waals surface area contributed by atoms with E-state index in [-0.39, 0.29) is 18.6 Å². The van der Waals surface area contributed by atoms with Crippen molar-refractivity contribution in [3.63, 3.8) is 0 Å². The van der Waals surface area contributed by atoms with Gasteiger partial charge in [0.15, 0.2) is 6.61 Å². The van der Waals surface area contributed by atoms with Crippen LogP contribution in [0.2, 0.25) is 0 Å². The van der Waals surface area contributed by atoms with E-state index in [4.69, 9.17) is 4.74 Å². The van der Waals surface area contributed by atoms with E-state index in [1.54, 1.807) is 12.1 Å². The fourth-order valence-electron chi connectivity index (χ4n) is 3.26. The number of hydrogen-bond acceptors (Lipinski definition) is 3. The van der Waals surface area contributed by atoms with Gasteiger partial charge in [-0.15, -0.1) is 0 Å². The van der Waals surface area contributed by atoms with E-state index in [0.717, 1.165) is 28.4 Å². The highest BCUT2D eigenvalue weighted by atomic mass is 16.5. The highest BCUT2D eigenvalue weighted by Gasteiger charge is 2.13. The summed E-state index contributed by atoms with van der Waals surface area (Å²) in [6.45, 7) is 5.62. The predicted octanol–water partition coefficient (Wildman–Crippen LogP) is 4.53. The molecular weight excluding hydrogens is 338 g/mol. The average Bonchev–Trinajstić information content (AvgIpc) is 2.66. The number of fused-ring (bicyclic) bond motifs is 1. The molecule has 0 aromatic heterocycles. The molecular formula is C23H23NO3. The summed E-state index contributed by atoms with van der Waals surface area (Å²) in [6.07, 6.45) is 0.807. The van der Waals surface area contributed by atoms with Crippen molar-refractivity contribution < 1.29 is 14.3 Å². The van der Waals surface area contributed by atoms with Crippen LogP contribution >= 0.6 is 0 Å². The Morgan fingerprint density at radius 1 is 1.04 bits per heavy atom. The number of carbonyl (C=O) groups excluding carboxylic acids is 2. The number of carbonyl (C=O) groups is 2. The minimum Gasteiger partial charge on any atom is -0.483 e. The minimum absolute atomic E-state index is 0.0694. The number of benzene rings is 3. The first-order chi connectivity index (χ1) is 13.0. The fraction of sp³-hybridized carbons (Fsp3) is 0.217. The maximum absolute atomic E-state index is 12.3. The maximum atomic E-state index is 12.3. The van der Waals surface area contributed by atoms with Gasteiger partial charge in [-0.2, -0.15) is 0 Å². The predicted molar refractivity (Wildman–Crippen MR) is 107 cm³/mol. The molecule has 3 aromatic rings. The van der Waals surface area contributed by atoms with E-state index in [0.29, 0.717) is 11.3 Å². The molecule has 3 aromatic carbocycles. The Hall–Kier alpha value is -3.14. The van der Waals surface area contributed by atoms with Crippen LogP contribution in [-0.4, -0.2) is 18.8 Å². The molecule has 0 aliphatic carbocycles. The fourth-order valence-corrected chi connectivity index (χ4v) is 3.26. The number of nitrogens with one attached hydrogen (secondary N) is 1. The normalized spacial score (nSPS) is 11.8. The second-order valence-corrected chi connectivity index (χ2v) is 6.79. The molecule has 3 rings (SSSR count). The smallest absolute Gasteiger partial charge is 0.258 e. The van der Waals surface area contributed by atoms with Crippen LogP contribution < -0.4 is 10.1 Å². The molecule has 0 fully saturated rings. The molecule has 0 saturated heterocycles. The van der Waals surface area contributed by atoms with Crippen LogP contribution in [-0.2, 0) is 4.79 Å². The van der Waals surface area contributed by atoms with Crippen LogP contribution in [0.1, 0.15) is 40.0 Å². The average molecular weight is 361 g/mol. The first kappa shape index (κ1) is 18.6. The molecule has 4 heteroatoms. The van der Waals surface area contributed by atoms with Gasteiger partial charge in [0.05, 0.1) is 6.04 Å². The molecule has 0 heterocycles. The number of ether oxygens (including phenoxy) is 1. The molecule has 1 amide bonds. The van der Waals surface area contributed by atoms with Gasteiger partial charge >= 0.3 is 0 Å². The SMILES string of the molecule is Cc1cc(C=O)cc(C)c1OCC(=O)N[C@H](C)c1ccc2ccccc2c1.